The number of nitrogens with one attached hydrogen (secondary N) is 2. The lowest BCUT2D eigenvalue weighted by molar-refractivity contribution is -0.137. The maximum absolute atomic E-state index is 12.1. The van der Waals surface area contributed by atoms with Crippen LogP contribution in [-0.4, -0.2) is 42.9 Å². The molecule has 1 atom stereocenters. The molecule has 6 heteroatoms. The Kier molecular flexibility index (Phi) is 7.55. The summed E-state index contributed by atoms with van der Waals surface area (Å²) in [5.74, 6) is -0.395. The topological polar surface area (TPSA) is 87.7 Å². The Morgan fingerprint density at radius 2 is 1.92 bits per heavy atom. The van der Waals surface area contributed by atoms with Crippen molar-refractivity contribution in [3.63, 3.8) is 0 Å². The van der Waals surface area contributed by atoms with Crippen molar-refractivity contribution in [1.82, 2.24) is 10.6 Å². The summed E-state index contributed by atoms with van der Waals surface area (Å²) in [5, 5.41) is 14.7. The first-order valence-corrected chi connectivity index (χ1v) is 8.51. The van der Waals surface area contributed by atoms with Gasteiger partial charge < -0.3 is 20.5 Å². The third-order valence-electron chi connectivity index (χ3n) is 4.26. The van der Waals surface area contributed by atoms with E-state index in [1.165, 1.54) is 0 Å². The van der Waals surface area contributed by atoms with Crippen LogP contribution in [0.1, 0.15) is 31.2 Å². The van der Waals surface area contributed by atoms with E-state index >= 15 is 0 Å². The molecule has 3 N–H and O–H groups in total. The number of rotatable bonds is 8. The number of urea groups is 1. The highest BCUT2D eigenvalue weighted by Crippen LogP contribution is 2.13. The normalized spacial score (nSPS) is 16.3. The predicted molar refractivity (Wildman–Crippen MR) is 90.9 cm³/mol. The van der Waals surface area contributed by atoms with Crippen LogP contribution in [0.2, 0.25) is 0 Å². The van der Waals surface area contributed by atoms with Crippen LogP contribution in [0.5, 0.6) is 0 Å². The van der Waals surface area contributed by atoms with Gasteiger partial charge in [-0.15, -0.1) is 0 Å². The van der Waals surface area contributed by atoms with Crippen molar-refractivity contribution >= 4 is 12.0 Å². The fourth-order valence-corrected chi connectivity index (χ4v) is 2.85. The van der Waals surface area contributed by atoms with Gasteiger partial charge in [0.05, 0.1) is 0 Å². The van der Waals surface area contributed by atoms with Gasteiger partial charge in [-0.2, -0.15) is 0 Å². The number of carbonyl (C=O) groups is 2. The maximum atomic E-state index is 12.1. The molecule has 2 amide bonds. The molecule has 0 radical (unpaired) electrons. The maximum Gasteiger partial charge on any atom is 0.315 e. The summed E-state index contributed by atoms with van der Waals surface area (Å²) >= 11 is 0. The molecule has 1 aromatic carbocycles. The number of hydrogen-bond donors (Lipinski definition) is 3. The van der Waals surface area contributed by atoms with E-state index in [1.54, 1.807) is 0 Å². The van der Waals surface area contributed by atoms with Crippen LogP contribution in [0.3, 0.4) is 0 Å². The van der Waals surface area contributed by atoms with Gasteiger partial charge in [0.25, 0.3) is 0 Å². The minimum Gasteiger partial charge on any atom is -0.481 e. The van der Waals surface area contributed by atoms with Crippen LogP contribution in [0.25, 0.3) is 0 Å². The van der Waals surface area contributed by atoms with E-state index in [2.05, 4.69) is 10.6 Å². The third-order valence-corrected chi connectivity index (χ3v) is 4.26. The summed E-state index contributed by atoms with van der Waals surface area (Å²) in [5.41, 5.74) is 1.08. The number of aliphatic carboxylic acids is 1. The van der Waals surface area contributed by atoms with Gasteiger partial charge in [0.15, 0.2) is 0 Å². The predicted octanol–water partition coefficient (Wildman–Crippen LogP) is 2.19. The SMILES string of the molecule is O=C(O)CCC(Cc1ccccc1)NC(=O)NCC1CCOCC1. The Balaban J connectivity index is 1.81. The van der Waals surface area contributed by atoms with E-state index in [0.717, 1.165) is 31.6 Å². The van der Waals surface area contributed by atoms with Crippen molar-refractivity contribution in [1.29, 1.82) is 0 Å². The quantitative estimate of drug-likeness (QED) is 0.680. The minimum absolute atomic E-state index is 0.0394. The first kappa shape index (κ1) is 18.3. The molecule has 24 heavy (non-hydrogen) atoms. The van der Waals surface area contributed by atoms with E-state index in [1.807, 2.05) is 30.3 Å². The first-order valence-electron chi connectivity index (χ1n) is 8.51. The highest BCUT2D eigenvalue weighted by atomic mass is 16.5. The summed E-state index contributed by atoms with van der Waals surface area (Å²) in [7, 11) is 0. The summed E-state index contributed by atoms with van der Waals surface area (Å²) < 4.78 is 5.31. The van der Waals surface area contributed by atoms with Crippen molar-refractivity contribution in [2.45, 2.75) is 38.1 Å². The van der Waals surface area contributed by atoms with E-state index < -0.39 is 5.97 Å². The lowest BCUT2D eigenvalue weighted by Gasteiger charge is -2.23. The van der Waals surface area contributed by atoms with E-state index in [9.17, 15) is 9.59 Å². The fraction of sp³-hybridized carbons (Fsp3) is 0.556. The van der Waals surface area contributed by atoms with Gasteiger partial charge in [0.1, 0.15) is 0 Å². The second kappa shape index (κ2) is 9.93. The van der Waals surface area contributed by atoms with E-state index in [-0.39, 0.29) is 18.5 Å². The summed E-state index contributed by atoms with van der Waals surface area (Å²) in [6, 6.07) is 9.35. The van der Waals surface area contributed by atoms with Gasteiger partial charge in [0, 0.05) is 32.2 Å². The van der Waals surface area contributed by atoms with Gasteiger partial charge in [0.2, 0.25) is 0 Å². The molecule has 0 bridgehead atoms. The average molecular weight is 334 g/mol. The lowest BCUT2D eigenvalue weighted by Crippen LogP contribution is -2.45. The molecule has 0 saturated carbocycles. The zero-order chi connectivity index (χ0) is 17.2. The zero-order valence-electron chi connectivity index (χ0n) is 13.9. The molecule has 0 aliphatic carbocycles. The zero-order valence-corrected chi connectivity index (χ0v) is 13.9. The van der Waals surface area contributed by atoms with Crippen LogP contribution >= 0.6 is 0 Å². The molecule has 0 spiro atoms. The molecule has 6 nitrogen and oxygen atoms in total. The molecule has 0 aromatic heterocycles. The summed E-state index contributed by atoms with van der Waals surface area (Å²) in [6.45, 7) is 2.14. The molecule has 132 valence electrons. The molecule has 1 aromatic rings. The minimum atomic E-state index is -0.850. The number of carboxylic acid groups (broad SMARTS) is 1. The van der Waals surface area contributed by atoms with Gasteiger partial charge in [-0.3, -0.25) is 4.79 Å². The largest absolute Gasteiger partial charge is 0.481 e. The third kappa shape index (κ3) is 7.00. The number of ether oxygens (including phenoxy) is 1. The highest BCUT2D eigenvalue weighted by Gasteiger charge is 2.17. The van der Waals surface area contributed by atoms with Crippen LogP contribution in [0.15, 0.2) is 30.3 Å². The van der Waals surface area contributed by atoms with Crippen molar-refractivity contribution in [3.8, 4) is 0 Å². The Morgan fingerprint density at radius 1 is 1.21 bits per heavy atom. The van der Waals surface area contributed by atoms with E-state index in [4.69, 9.17) is 9.84 Å². The van der Waals surface area contributed by atoms with Crippen molar-refractivity contribution < 1.29 is 19.4 Å². The molecule has 2 rings (SSSR count). The Morgan fingerprint density at radius 3 is 2.58 bits per heavy atom. The Bertz CT molecular complexity index is 515. The number of benzene rings is 1. The van der Waals surface area contributed by atoms with Gasteiger partial charge >= 0.3 is 12.0 Å². The Hall–Kier alpha value is -2.08. The van der Waals surface area contributed by atoms with Crippen LogP contribution in [0.4, 0.5) is 4.79 Å². The monoisotopic (exact) mass is 334 g/mol. The number of carbonyl (C=O) groups excluding carboxylic acids is 1. The summed E-state index contributed by atoms with van der Waals surface area (Å²) in [6.07, 6.45) is 3.00. The van der Waals surface area contributed by atoms with Crippen LogP contribution in [-0.2, 0) is 16.0 Å². The Labute approximate surface area is 142 Å². The molecule has 1 fully saturated rings. The lowest BCUT2D eigenvalue weighted by atomic mass is 10.0. The fourth-order valence-electron chi connectivity index (χ4n) is 2.85. The number of hydrogen-bond acceptors (Lipinski definition) is 3. The second-order valence-corrected chi connectivity index (χ2v) is 6.23. The first-order chi connectivity index (χ1) is 11.6. The molecular weight excluding hydrogens is 308 g/mol. The highest BCUT2D eigenvalue weighted by molar-refractivity contribution is 5.74. The standard InChI is InChI=1S/C18H26N2O4/c21-17(22)7-6-16(12-14-4-2-1-3-5-14)20-18(23)19-13-15-8-10-24-11-9-15/h1-5,15-16H,6-13H2,(H,21,22)(H2,19,20,23). The second-order valence-electron chi connectivity index (χ2n) is 6.23. The number of carboxylic acids is 1. The molecule has 1 aliphatic heterocycles. The molecule has 1 aliphatic rings. The average Bonchev–Trinajstić information content (AvgIpc) is 2.60. The van der Waals surface area contributed by atoms with Crippen molar-refractivity contribution in [3.05, 3.63) is 35.9 Å². The van der Waals surface area contributed by atoms with Crippen molar-refractivity contribution in [2.75, 3.05) is 19.8 Å². The molecule has 1 unspecified atom stereocenters. The molecule has 1 heterocycles. The van der Waals surface area contributed by atoms with Gasteiger partial charge in [-0.05, 0) is 37.2 Å². The van der Waals surface area contributed by atoms with Gasteiger partial charge in [-0.25, -0.2) is 4.79 Å². The molecular formula is C18H26N2O4. The number of amides is 2. The molecule has 1 saturated heterocycles. The van der Waals surface area contributed by atoms with Crippen molar-refractivity contribution in [2.24, 2.45) is 5.92 Å². The van der Waals surface area contributed by atoms with Crippen LogP contribution < -0.4 is 10.6 Å². The smallest absolute Gasteiger partial charge is 0.315 e. The van der Waals surface area contributed by atoms with Gasteiger partial charge in [-0.1, -0.05) is 30.3 Å². The van der Waals surface area contributed by atoms with E-state index in [0.29, 0.717) is 25.3 Å². The summed E-state index contributed by atoms with van der Waals surface area (Å²) in [4.78, 5) is 23.0. The van der Waals surface area contributed by atoms with Crippen LogP contribution in [0, 0.1) is 5.92 Å².